The van der Waals surface area contributed by atoms with Gasteiger partial charge >= 0.3 is 0 Å². The number of halogens is 1. The van der Waals surface area contributed by atoms with Crippen LogP contribution < -0.4 is 10.8 Å². The molecule has 3 rings (SSSR count). The third-order valence-corrected chi connectivity index (χ3v) is 5.63. The average Bonchev–Trinajstić information content (AvgIpc) is 2.79. The van der Waals surface area contributed by atoms with E-state index in [9.17, 15) is 14.0 Å². The van der Waals surface area contributed by atoms with Crippen molar-refractivity contribution >= 4 is 29.5 Å². The second kappa shape index (κ2) is 12.0. The molecule has 1 saturated carbocycles. The number of nitrogens with one attached hydrogen (secondary N) is 2. The molecule has 1 aliphatic carbocycles. The van der Waals surface area contributed by atoms with Crippen molar-refractivity contribution in [3.05, 3.63) is 77.1 Å². The van der Waals surface area contributed by atoms with Gasteiger partial charge in [-0.05, 0) is 53.8 Å². The predicted molar refractivity (Wildman–Crippen MR) is 124 cm³/mol. The summed E-state index contributed by atoms with van der Waals surface area (Å²) in [6, 6.07) is 13.4. The number of amides is 2. The van der Waals surface area contributed by atoms with Crippen LogP contribution in [-0.2, 0) is 9.59 Å². The summed E-state index contributed by atoms with van der Waals surface area (Å²) in [5.41, 5.74) is 4.25. The maximum absolute atomic E-state index is 13.5. The highest BCUT2D eigenvalue weighted by Gasteiger charge is 2.18. The van der Waals surface area contributed by atoms with Gasteiger partial charge in [0.15, 0.2) is 0 Å². The van der Waals surface area contributed by atoms with Crippen molar-refractivity contribution in [2.75, 3.05) is 0 Å². The van der Waals surface area contributed by atoms with E-state index in [1.165, 1.54) is 37.5 Å². The summed E-state index contributed by atoms with van der Waals surface area (Å²) in [6.07, 6.45) is 12.4. The van der Waals surface area contributed by atoms with Crippen LogP contribution in [0, 0.1) is 5.82 Å². The highest BCUT2D eigenvalue weighted by Crippen LogP contribution is 2.22. The second-order valence-corrected chi connectivity index (χ2v) is 8.06. The van der Waals surface area contributed by atoms with Gasteiger partial charge < -0.3 is 5.32 Å². The molecule has 1 aliphatic rings. The Morgan fingerprint density at radius 3 is 2.09 bits per heavy atom. The fourth-order valence-electron chi connectivity index (χ4n) is 3.85. The highest BCUT2D eigenvalue weighted by molar-refractivity contribution is 6.24. The molecule has 2 aromatic rings. The van der Waals surface area contributed by atoms with Gasteiger partial charge in [-0.2, -0.15) is 0 Å². The molecule has 0 aliphatic heterocycles. The van der Waals surface area contributed by atoms with E-state index < -0.39 is 5.91 Å². The van der Waals surface area contributed by atoms with E-state index >= 15 is 0 Å². The predicted octanol–water partition coefficient (Wildman–Crippen LogP) is 5.11. The molecule has 5 nitrogen and oxygen atoms in total. The topological polar surface area (TPSA) is 78.4 Å². The largest absolute Gasteiger partial charge is 0.349 e. The maximum Gasteiger partial charge on any atom is 0.267 e. The molecule has 0 heterocycles. The summed E-state index contributed by atoms with van der Waals surface area (Å²) in [7, 11) is 0. The lowest BCUT2D eigenvalue weighted by Gasteiger charge is -2.22. The molecule has 0 unspecified atom stereocenters. The second-order valence-electron chi connectivity index (χ2n) is 8.06. The van der Waals surface area contributed by atoms with Crippen LogP contribution in [0.3, 0.4) is 0 Å². The molecule has 0 aromatic heterocycles. The van der Waals surface area contributed by atoms with Crippen molar-refractivity contribution in [3.63, 3.8) is 0 Å². The average molecular weight is 437 g/mol. The van der Waals surface area contributed by atoms with Crippen molar-refractivity contribution in [1.29, 1.82) is 0 Å². The highest BCUT2D eigenvalue weighted by atomic mass is 19.1. The SMILES string of the molecule is O=C(C=Cc1ccc(C=C(C(=O)NC2CCCCCCC2)c2ccc(F)cc2)cc1)NO. The van der Waals surface area contributed by atoms with Crippen LogP contribution in [0.15, 0.2) is 54.6 Å². The van der Waals surface area contributed by atoms with Crippen molar-refractivity contribution in [2.24, 2.45) is 0 Å². The molecule has 3 N–H and O–H groups in total. The third kappa shape index (κ3) is 7.17. The molecule has 0 radical (unpaired) electrons. The first-order valence-corrected chi connectivity index (χ1v) is 11.1. The molecular weight excluding hydrogens is 407 g/mol. The van der Waals surface area contributed by atoms with Gasteiger partial charge in [-0.25, -0.2) is 9.87 Å². The monoisotopic (exact) mass is 436 g/mol. The standard InChI is InChI=1S/C26H29FN2O3/c27-22-15-13-21(14-16-22)24(26(31)28-23-6-4-2-1-3-5-7-23)18-20-10-8-19(9-11-20)12-17-25(30)29-32/h8-18,23,32H,1-7H2,(H,28,31)(H,29,30). The summed E-state index contributed by atoms with van der Waals surface area (Å²) in [4.78, 5) is 24.4. The molecule has 0 saturated heterocycles. The summed E-state index contributed by atoms with van der Waals surface area (Å²) >= 11 is 0. The fraction of sp³-hybridized carbons (Fsp3) is 0.308. The lowest BCUT2D eigenvalue weighted by Crippen LogP contribution is -2.35. The first-order valence-electron chi connectivity index (χ1n) is 11.1. The summed E-state index contributed by atoms with van der Waals surface area (Å²) in [6.45, 7) is 0. The number of benzene rings is 2. The zero-order valence-electron chi connectivity index (χ0n) is 18.0. The summed E-state index contributed by atoms with van der Waals surface area (Å²) in [5, 5.41) is 11.8. The fourth-order valence-corrected chi connectivity index (χ4v) is 3.85. The lowest BCUT2D eigenvalue weighted by atomic mass is 9.95. The van der Waals surface area contributed by atoms with Gasteiger partial charge in [0.05, 0.1) is 0 Å². The normalized spacial score (nSPS) is 15.8. The van der Waals surface area contributed by atoms with Gasteiger partial charge in [0.2, 0.25) is 0 Å². The Bertz CT molecular complexity index is 958. The zero-order valence-corrected chi connectivity index (χ0v) is 18.0. The Labute approximate surface area is 188 Å². The summed E-state index contributed by atoms with van der Waals surface area (Å²) < 4.78 is 13.5. The Morgan fingerprint density at radius 2 is 1.47 bits per heavy atom. The first kappa shape index (κ1) is 23.4. The molecule has 6 heteroatoms. The van der Waals surface area contributed by atoms with Gasteiger partial charge in [-0.3, -0.25) is 14.8 Å². The molecule has 0 spiro atoms. The van der Waals surface area contributed by atoms with Gasteiger partial charge in [0.1, 0.15) is 5.82 Å². The molecule has 168 valence electrons. The van der Waals surface area contributed by atoms with Crippen LogP contribution in [0.1, 0.15) is 61.6 Å². The molecule has 32 heavy (non-hydrogen) atoms. The Hall–Kier alpha value is -3.25. The number of hydrogen-bond donors (Lipinski definition) is 3. The van der Waals surface area contributed by atoms with E-state index in [1.807, 2.05) is 24.3 Å². The van der Waals surface area contributed by atoms with Crippen LogP contribution in [0.25, 0.3) is 17.7 Å². The molecule has 2 amide bonds. The molecular formula is C26H29FN2O3. The maximum atomic E-state index is 13.5. The van der Waals surface area contributed by atoms with Crippen molar-refractivity contribution in [3.8, 4) is 0 Å². The Kier molecular flexibility index (Phi) is 8.75. The molecule has 0 bridgehead atoms. The van der Waals surface area contributed by atoms with E-state index in [-0.39, 0.29) is 17.8 Å². The number of carbonyl (C=O) groups excluding carboxylic acids is 2. The van der Waals surface area contributed by atoms with Crippen LogP contribution in [-0.4, -0.2) is 23.1 Å². The number of hydrogen-bond acceptors (Lipinski definition) is 3. The Balaban J connectivity index is 1.82. The van der Waals surface area contributed by atoms with E-state index in [1.54, 1.807) is 29.8 Å². The number of rotatable bonds is 6. The van der Waals surface area contributed by atoms with Crippen LogP contribution in [0.2, 0.25) is 0 Å². The van der Waals surface area contributed by atoms with Gasteiger partial charge in [-0.1, -0.05) is 68.5 Å². The van der Waals surface area contributed by atoms with Gasteiger partial charge in [0.25, 0.3) is 11.8 Å². The zero-order chi connectivity index (χ0) is 22.8. The lowest BCUT2D eigenvalue weighted by molar-refractivity contribution is -0.124. The molecule has 1 fully saturated rings. The van der Waals surface area contributed by atoms with E-state index in [0.717, 1.165) is 36.8 Å². The van der Waals surface area contributed by atoms with E-state index in [2.05, 4.69) is 5.32 Å². The van der Waals surface area contributed by atoms with Crippen LogP contribution in [0.4, 0.5) is 4.39 Å². The van der Waals surface area contributed by atoms with Crippen molar-refractivity contribution in [2.45, 2.75) is 51.0 Å². The summed E-state index contributed by atoms with van der Waals surface area (Å²) in [5.74, 6) is -1.12. The van der Waals surface area contributed by atoms with E-state index in [4.69, 9.17) is 5.21 Å². The molecule has 2 aromatic carbocycles. The van der Waals surface area contributed by atoms with Crippen LogP contribution in [0.5, 0.6) is 0 Å². The van der Waals surface area contributed by atoms with Crippen molar-refractivity contribution in [1.82, 2.24) is 10.8 Å². The smallest absolute Gasteiger partial charge is 0.267 e. The molecule has 0 atom stereocenters. The quantitative estimate of drug-likeness (QED) is 0.255. The minimum absolute atomic E-state index is 0.150. The third-order valence-electron chi connectivity index (χ3n) is 5.63. The number of hydroxylamine groups is 1. The van der Waals surface area contributed by atoms with Gasteiger partial charge in [0, 0.05) is 17.7 Å². The minimum Gasteiger partial charge on any atom is -0.349 e. The first-order chi connectivity index (χ1) is 15.5. The van der Waals surface area contributed by atoms with Gasteiger partial charge in [-0.15, -0.1) is 0 Å². The van der Waals surface area contributed by atoms with Crippen molar-refractivity contribution < 1.29 is 19.2 Å². The number of carbonyl (C=O) groups is 2. The minimum atomic E-state index is -0.613. The van der Waals surface area contributed by atoms with E-state index in [0.29, 0.717) is 11.1 Å². The van der Waals surface area contributed by atoms with Crippen LogP contribution >= 0.6 is 0 Å². The Morgan fingerprint density at radius 1 is 0.875 bits per heavy atom.